The van der Waals surface area contributed by atoms with Gasteiger partial charge in [0, 0.05) is 5.56 Å². The number of carbonyl (C=O) groups is 2. The first-order valence-corrected chi connectivity index (χ1v) is 10.2. The highest BCUT2D eigenvalue weighted by atomic mass is 16.5. The summed E-state index contributed by atoms with van der Waals surface area (Å²) in [5.41, 5.74) is 1.21. The molecular formula is C25H23NO7. The number of carbonyl (C=O) groups excluding carboxylic acids is 2. The van der Waals surface area contributed by atoms with E-state index in [1.807, 2.05) is 18.2 Å². The molecule has 1 amide bonds. The largest absolute Gasteiger partial charge is 0.503 e. The standard InChI is InChI=1S/C25H23NO7/c1-30-17-8-5-4-7-16(17)14-26-22(15-10-11-18(31-2)20(13-15)32-3)21(24(28)25(26)29)23(27)19-9-6-12-33-19/h4-13,22,28H,14H2,1-3H3. The number of rotatable bonds is 8. The van der Waals surface area contributed by atoms with E-state index in [0.29, 0.717) is 22.8 Å². The molecule has 1 atom stereocenters. The number of benzene rings is 2. The van der Waals surface area contributed by atoms with E-state index in [1.54, 1.807) is 30.3 Å². The number of aliphatic hydroxyl groups is 1. The minimum atomic E-state index is -0.889. The summed E-state index contributed by atoms with van der Waals surface area (Å²) in [5.74, 6) is -0.338. The van der Waals surface area contributed by atoms with Crippen molar-refractivity contribution in [2.75, 3.05) is 21.3 Å². The van der Waals surface area contributed by atoms with Gasteiger partial charge in [-0.3, -0.25) is 9.59 Å². The smallest absolute Gasteiger partial charge is 0.290 e. The lowest BCUT2D eigenvalue weighted by Crippen LogP contribution is -2.31. The minimum absolute atomic E-state index is 0.0222. The van der Waals surface area contributed by atoms with E-state index >= 15 is 0 Å². The van der Waals surface area contributed by atoms with Crippen molar-refractivity contribution in [1.82, 2.24) is 4.90 Å². The Bertz CT molecular complexity index is 1210. The zero-order valence-electron chi connectivity index (χ0n) is 18.4. The van der Waals surface area contributed by atoms with Crippen LogP contribution in [0.5, 0.6) is 17.2 Å². The molecule has 0 radical (unpaired) electrons. The summed E-state index contributed by atoms with van der Waals surface area (Å²) in [6.45, 7) is 0.0981. The number of ketones is 1. The van der Waals surface area contributed by atoms with Gasteiger partial charge in [-0.15, -0.1) is 0 Å². The molecule has 2 heterocycles. The first-order chi connectivity index (χ1) is 16.0. The molecule has 8 nitrogen and oxygen atoms in total. The SMILES string of the molecule is COc1ccccc1CN1C(=O)C(O)=C(C(=O)c2ccco2)C1c1ccc(OC)c(OC)c1. The Morgan fingerprint density at radius 1 is 0.970 bits per heavy atom. The molecule has 0 aliphatic carbocycles. The van der Waals surface area contributed by atoms with Crippen LogP contribution >= 0.6 is 0 Å². The third-order valence-corrected chi connectivity index (χ3v) is 5.55. The Kier molecular flexibility index (Phi) is 6.08. The molecule has 8 heteroatoms. The van der Waals surface area contributed by atoms with Crippen LogP contribution in [0.2, 0.25) is 0 Å². The summed E-state index contributed by atoms with van der Waals surface area (Å²) in [5, 5.41) is 10.8. The van der Waals surface area contributed by atoms with E-state index in [1.165, 1.54) is 38.6 Å². The molecule has 1 aliphatic heterocycles. The summed E-state index contributed by atoms with van der Waals surface area (Å²) < 4.78 is 21.4. The van der Waals surface area contributed by atoms with Gasteiger partial charge in [0.2, 0.25) is 5.78 Å². The number of para-hydroxylation sites is 1. The number of hydrogen-bond donors (Lipinski definition) is 1. The van der Waals surface area contributed by atoms with Crippen molar-refractivity contribution in [3.8, 4) is 17.2 Å². The first kappa shape index (κ1) is 22.0. The van der Waals surface area contributed by atoms with Gasteiger partial charge >= 0.3 is 0 Å². The highest BCUT2D eigenvalue weighted by molar-refractivity contribution is 6.15. The van der Waals surface area contributed by atoms with Gasteiger partial charge in [0.15, 0.2) is 23.0 Å². The van der Waals surface area contributed by atoms with Crippen LogP contribution in [-0.4, -0.2) is 43.0 Å². The summed E-state index contributed by atoms with van der Waals surface area (Å²) in [4.78, 5) is 27.9. The zero-order chi connectivity index (χ0) is 23.5. The predicted molar refractivity (Wildman–Crippen MR) is 119 cm³/mol. The minimum Gasteiger partial charge on any atom is -0.503 e. The molecule has 0 saturated heterocycles. The van der Waals surface area contributed by atoms with Gasteiger partial charge < -0.3 is 28.6 Å². The summed E-state index contributed by atoms with van der Waals surface area (Å²) in [6.07, 6.45) is 1.36. The molecule has 3 aromatic rings. The van der Waals surface area contributed by atoms with Gasteiger partial charge in [-0.25, -0.2) is 0 Å². The molecule has 0 bridgehead atoms. The lowest BCUT2D eigenvalue weighted by atomic mass is 9.94. The van der Waals surface area contributed by atoms with Gasteiger partial charge in [-0.05, 0) is 35.9 Å². The van der Waals surface area contributed by atoms with Crippen LogP contribution in [0, 0.1) is 0 Å². The Morgan fingerprint density at radius 3 is 2.36 bits per heavy atom. The average molecular weight is 449 g/mol. The monoisotopic (exact) mass is 449 g/mol. The second kappa shape index (κ2) is 9.12. The van der Waals surface area contributed by atoms with Crippen molar-refractivity contribution in [3.63, 3.8) is 0 Å². The van der Waals surface area contributed by atoms with Gasteiger partial charge in [-0.2, -0.15) is 0 Å². The van der Waals surface area contributed by atoms with E-state index < -0.39 is 23.5 Å². The Morgan fingerprint density at radius 2 is 1.70 bits per heavy atom. The van der Waals surface area contributed by atoms with Crippen LogP contribution in [0.25, 0.3) is 0 Å². The maximum Gasteiger partial charge on any atom is 0.290 e. The highest BCUT2D eigenvalue weighted by Gasteiger charge is 2.44. The van der Waals surface area contributed by atoms with Crippen molar-refractivity contribution >= 4 is 11.7 Å². The number of Topliss-reactive ketones (excluding diaryl/α,β-unsaturated/α-hetero) is 1. The lowest BCUT2D eigenvalue weighted by Gasteiger charge is -2.27. The van der Waals surface area contributed by atoms with E-state index in [0.717, 1.165) is 5.56 Å². The van der Waals surface area contributed by atoms with E-state index in [9.17, 15) is 14.7 Å². The fourth-order valence-electron chi connectivity index (χ4n) is 3.98. The van der Waals surface area contributed by atoms with Crippen LogP contribution in [0.1, 0.15) is 27.7 Å². The molecular weight excluding hydrogens is 426 g/mol. The van der Waals surface area contributed by atoms with E-state index in [4.69, 9.17) is 18.6 Å². The zero-order valence-corrected chi connectivity index (χ0v) is 18.4. The second-order valence-electron chi connectivity index (χ2n) is 7.33. The van der Waals surface area contributed by atoms with Crippen molar-refractivity contribution in [2.45, 2.75) is 12.6 Å². The topological polar surface area (TPSA) is 98.4 Å². The predicted octanol–water partition coefficient (Wildman–Crippen LogP) is 4.08. The Balaban J connectivity index is 1.84. The maximum absolute atomic E-state index is 13.3. The van der Waals surface area contributed by atoms with Crippen LogP contribution in [-0.2, 0) is 11.3 Å². The number of aliphatic hydroxyl groups excluding tert-OH is 1. The number of nitrogens with zero attached hydrogens (tertiary/aromatic N) is 1. The fraction of sp³-hybridized carbons (Fsp3) is 0.200. The normalized spacial score (nSPS) is 15.7. The molecule has 1 N–H and O–H groups in total. The van der Waals surface area contributed by atoms with Crippen LogP contribution in [0.15, 0.2) is 76.6 Å². The summed E-state index contributed by atoms with van der Waals surface area (Å²) in [7, 11) is 4.55. The Hall–Kier alpha value is -4.20. The molecule has 1 unspecified atom stereocenters. The quantitative estimate of drug-likeness (QED) is 0.517. The van der Waals surface area contributed by atoms with Crippen LogP contribution < -0.4 is 14.2 Å². The van der Waals surface area contributed by atoms with E-state index in [2.05, 4.69) is 0 Å². The summed E-state index contributed by atoms with van der Waals surface area (Å²) in [6, 6.07) is 14.5. The molecule has 170 valence electrons. The van der Waals surface area contributed by atoms with Crippen molar-refractivity contribution in [2.24, 2.45) is 0 Å². The number of ether oxygens (including phenoxy) is 3. The molecule has 33 heavy (non-hydrogen) atoms. The molecule has 0 spiro atoms. The number of methoxy groups -OCH3 is 3. The number of hydrogen-bond acceptors (Lipinski definition) is 7. The molecule has 4 rings (SSSR count). The third-order valence-electron chi connectivity index (χ3n) is 5.55. The average Bonchev–Trinajstić information content (AvgIpc) is 3.47. The van der Waals surface area contributed by atoms with Gasteiger partial charge in [0.05, 0.1) is 45.8 Å². The van der Waals surface area contributed by atoms with Crippen molar-refractivity contribution in [3.05, 3.63) is 89.1 Å². The maximum atomic E-state index is 13.3. The number of furan rings is 1. The highest BCUT2D eigenvalue weighted by Crippen LogP contribution is 2.43. The molecule has 0 fully saturated rings. The molecule has 2 aromatic carbocycles. The fourth-order valence-corrected chi connectivity index (χ4v) is 3.98. The van der Waals surface area contributed by atoms with Crippen molar-refractivity contribution < 1.29 is 33.3 Å². The molecule has 1 aromatic heterocycles. The third kappa shape index (κ3) is 3.91. The van der Waals surface area contributed by atoms with E-state index in [-0.39, 0.29) is 17.9 Å². The van der Waals surface area contributed by atoms with Gasteiger partial charge in [0.1, 0.15) is 5.75 Å². The van der Waals surface area contributed by atoms with Crippen LogP contribution in [0.3, 0.4) is 0 Å². The Labute approximate surface area is 190 Å². The molecule has 1 aliphatic rings. The summed E-state index contributed by atoms with van der Waals surface area (Å²) >= 11 is 0. The van der Waals surface area contributed by atoms with Gasteiger partial charge in [0.25, 0.3) is 5.91 Å². The first-order valence-electron chi connectivity index (χ1n) is 10.2. The van der Waals surface area contributed by atoms with Gasteiger partial charge in [-0.1, -0.05) is 24.3 Å². The second-order valence-corrected chi connectivity index (χ2v) is 7.33. The van der Waals surface area contributed by atoms with Crippen molar-refractivity contribution in [1.29, 1.82) is 0 Å². The lowest BCUT2D eigenvalue weighted by molar-refractivity contribution is -0.130. The molecule has 0 saturated carbocycles. The number of amides is 1. The van der Waals surface area contributed by atoms with Crippen LogP contribution in [0.4, 0.5) is 0 Å².